The highest BCUT2D eigenvalue weighted by Crippen LogP contribution is 2.08. The van der Waals surface area contributed by atoms with Crippen molar-refractivity contribution in [2.75, 3.05) is 0 Å². The number of amides is 1. The zero-order valence-electron chi connectivity index (χ0n) is 12.4. The first-order valence-electron chi connectivity index (χ1n) is 6.97. The number of rotatable bonds is 8. The fraction of sp³-hybridized carbons (Fsp3) is 0.438. The number of aliphatic carboxylic acids is 1. The van der Waals surface area contributed by atoms with Crippen molar-refractivity contribution in [1.29, 1.82) is 0 Å². The second-order valence-electron chi connectivity index (χ2n) is 5.28. The van der Waals surface area contributed by atoms with Gasteiger partial charge in [0.05, 0.1) is 6.42 Å². The molecule has 5 heteroatoms. The van der Waals surface area contributed by atoms with Gasteiger partial charge in [-0.25, -0.2) is 0 Å². The Balaban J connectivity index is 2.42. The summed E-state index contributed by atoms with van der Waals surface area (Å²) >= 11 is 0. The minimum atomic E-state index is -0.982. The summed E-state index contributed by atoms with van der Waals surface area (Å²) < 4.78 is 0. The molecule has 0 aliphatic rings. The number of carbonyl (C=O) groups is 3. The van der Waals surface area contributed by atoms with Gasteiger partial charge < -0.3 is 10.4 Å². The van der Waals surface area contributed by atoms with Crippen molar-refractivity contribution in [2.24, 2.45) is 5.92 Å². The molecule has 0 bridgehead atoms. The predicted molar refractivity (Wildman–Crippen MR) is 78.7 cm³/mol. The molecule has 5 nitrogen and oxygen atoms in total. The minimum Gasteiger partial charge on any atom is -0.481 e. The number of Topliss-reactive ketones (excluding diaryl/α,β-unsaturated/α-hetero) is 1. The SMILES string of the molecule is CC(C)C(=O)Cc1ccc(CNC(=O)CCC(=O)O)cc1. The van der Waals surface area contributed by atoms with Gasteiger partial charge in [-0.2, -0.15) is 0 Å². The van der Waals surface area contributed by atoms with Crippen LogP contribution in [0.2, 0.25) is 0 Å². The number of hydrogen-bond donors (Lipinski definition) is 2. The van der Waals surface area contributed by atoms with Crippen LogP contribution in [0.15, 0.2) is 24.3 Å². The summed E-state index contributed by atoms with van der Waals surface area (Å²) in [5, 5.41) is 11.1. The van der Waals surface area contributed by atoms with Crippen molar-refractivity contribution in [1.82, 2.24) is 5.32 Å². The van der Waals surface area contributed by atoms with E-state index in [1.165, 1.54) is 0 Å². The minimum absolute atomic E-state index is 0.0176. The van der Waals surface area contributed by atoms with Gasteiger partial charge in [0.25, 0.3) is 0 Å². The Hall–Kier alpha value is -2.17. The predicted octanol–water partition coefficient (Wildman–Crippen LogP) is 1.94. The lowest BCUT2D eigenvalue weighted by molar-refractivity contribution is -0.138. The van der Waals surface area contributed by atoms with Gasteiger partial charge in [-0.05, 0) is 11.1 Å². The molecule has 0 saturated carbocycles. The Morgan fingerprint density at radius 3 is 2.14 bits per heavy atom. The first-order valence-corrected chi connectivity index (χ1v) is 6.97. The number of nitrogens with one attached hydrogen (secondary N) is 1. The number of hydrogen-bond acceptors (Lipinski definition) is 3. The lowest BCUT2D eigenvalue weighted by Gasteiger charge is -2.07. The second-order valence-corrected chi connectivity index (χ2v) is 5.28. The standard InChI is InChI=1S/C16H21NO4/c1-11(2)14(18)9-12-3-5-13(6-4-12)10-17-15(19)7-8-16(20)21/h3-6,11H,7-10H2,1-2H3,(H,17,19)(H,20,21). The van der Waals surface area contributed by atoms with Crippen molar-refractivity contribution in [3.05, 3.63) is 35.4 Å². The summed E-state index contributed by atoms with van der Waals surface area (Å²) in [6.45, 7) is 4.11. The van der Waals surface area contributed by atoms with Gasteiger partial charge >= 0.3 is 5.97 Å². The molecule has 0 aliphatic carbocycles. The summed E-state index contributed by atoms with van der Waals surface area (Å²) in [4.78, 5) is 33.4. The summed E-state index contributed by atoms with van der Waals surface area (Å²) in [5.74, 6) is -1.04. The Bertz CT molecular complexity index is 506. The molecule has 0 atom stereocenters. The fourth-order valence-electron chi connectivity index (χ4n) is 1.69. The van der Waals surface area contributed by atoms with Crippen LogP contribution in [-0.2, 0) is 27.3 Å². The number of carboxylic acids is 1. The Kier molecular flexibility index (Phi) is 6.59. The van der Waals surface area contributed by atoms with Crippen LogP contribution in [0.4, 0.5) is 0 Å². The number of carbonyl (C=O) groups excluding carboxylic acids is 2. The van der Waals surface area contributed by atoms with E-state index in [0.717, 1.165) is 11.1 Å². The molecular formula is C16H21NO4. The van der Waals surface area contributed by atoms with Crippen molar-refractivity contribution in [3.63, 3.8) is 0 Å². The molecule has 0 spiro atoms. The maximum atomic E-state index is 11.6. The van der Waals surface area contributed by atoms with Crippen molar-refractivity contribution >= 4 is 17.7 Å². The van der Waals surface area contributed by atoms with Gasteiger partial charge in [0.15, 0.2) is 0 Å². The zero-order chi connectivity index (χ0) is 15.8. The van der Waals surface area contributed by atoms with Crippen LogP contribution in [0, 0.1) is 5.92 Å². The molecule has 1 amide bonds. The van der Waals surface area contributed by atoms with Gasteiger partial charge in [-0.15, -0.1) is 0 Å². The molecule has 1 aromatic rings. The third-order valence-electron chi connectivity index (χ3n) is 3.10. The largest absolute Gasteiger partial charge is 0.481 e. The molecule has 0 aliphatic heterocycles. The normalized spacial score (nSPS) is 10.4. The molecule has 114 valence electrons. The maximum absolute atomic E-state index is 11.6. The molecule has 21 heavy (non-hydrogen) atoms. The third-order valence-corrected chi connectivity index (χ3v) is 3.10. The maximum Gasteiger partial charge on any atom is 0.303 e. The molecule has 1 aromatic carbocycles. The number of ketones is 1. The van der Waals surface area contributed by atoms with Crippen LogP contribution in [-0.4, -0.2) is 22.8 Å². The first-order chi connectivity index (χ1) is 9.88. The van der Waals surface area contributed by atoms with E-state index in [2.05, 4.69) is 5.32 Å². The molecule has 0 aromatic heterocycles. The van der Waals surface area contributed by atoms with Crippen molar-refractivity contribution < 1.29 is 19.5 Å². The van der Waals surface area contributed by atoms with Gasteiger partial charge in [0.1, 0.15) is 5.78 Å². The van der Waals surface area contributed by atoms with Gasteiger partial charge in [0, 0.05) is 25.3 Å². The summed E-state index contributed by atoms with van der Waals surface area (Å²) in [7, 11) is 0. The van der Waals surface area contributed by atoms with E-state index in [1.54, 1.807) is 0 Å². The molecule has 2 N–H and O–H groups in total. The Labute approximate surface area is 124 Å². The highest BCUT2D eigenvalue weighted by Gasteiger charge is 2.08. The topological polar surface area (TPSA) is 83.5 Å². The average Bonchev–Trinajstić information content (AvgIpc) is 2.44. The third kappa shape index (κ3) is 6.70. The monoisotopic (exact) mass is 291 g/mol. The van der Waals surface area contributed by atoms with Gasteiger partial charge in [0.2, 0.25) is 5.91 Å². The van der Waals surface area contributed by atoms with Crippen LogP contribution in [0.1, 0.15) is 37.8 Å². The second kappa shape index (κ2) is 8.19. The summed E-state index contributed by atoms with van der Waals surface area (Å²) in [5.41, 5.74) is 1.87. The number of benzene rings is 1. The van der Waals surface area contributed by atoms with E-state index in [-0.39, 0.29) is 30.4 Å². The van der Waals surface area contributed by atoms with Crippen LogP contribution in [0.25, 0.3) is 0 Å². The molecule has 1 rings (SSSR count). The van der Waals surface area contributed by atoms with Crippen LogP contribution < -0.4 is 5.32 Å². The molecule has 0 radical (unpaired) electrons. The fourth-order valence-corrected chi connectivity index (χ4v) is 1.69. The zero-order valence-corrected chi connectivity index (χ0v) is 12.4. The lowest BCUT2D eigenvalue weighted by atomic mass is 10.0. The van der Waals surface area contributed by atoms with E-state index in [4.69, 9.17) is 5.11 Å². The van der Waals surface area contributed by atoms with E-state index in [0.29, 0.717) is 13.0 Å². The molecule has 0 fully saturated rings. The van der Waals surface area contributed by atoms with Crippen molar-refractivity contribution in [2.45, 2.75) is 39.7 Å². The van der Waals surface area contributed by atoms with E-state index < -0.39 is 5.97 Å². The highest BCUT2D eigenvalue weighted by molar-refractivity contribution is 5.82. The van der Waals surface area contributed by atoms with Crippen LogP contribution in [0.3, 0.4) is 0 Å². The van der Waals surface area contributed by atoms with Gasteiger partial charge in [-0.1, -0.05) is 38.1 Å². The lowest BCUT2D eigenvalue weighted by Crippen LogP contribution is -2.23. The summed E-state index contributed by atoms with van der Waals surface area (Å²) in [6.07, 6.45) is 0.237. The molecular weight excluding hydrogens is 270 g/mol. The van der Waals surface area contributed by atoms with E-state index in [1.807, 2.05) is 38.1 Å². The number of carboxylic acid groups (broad SMARTS) is 1. The molecule has 0 heterocycles. The smallest absolute Gasteiger partial charge is 0.303 e. The van der Waals surface area contributed by atoms with E-state index >= 15 is 0 Å². The molecule has 0 saturated heterocycles. The van der Waals surface area contributed by atoms with Crippen LogP contribution >= 0.6 is 0 Å². The Morgan fingerprint density at radius 2 is 1.62 bits per heavy atom. The van der Waals surface area contributed by atoms with Crippen LogP contribution in [0.5, 0.6) is 0 Å². The van der Waals surface area contributed by atoms with Gasteiger partial charge in [-0.3, -0.25) is 14.4 Å². The Morgan fingerprint density at radius 1 is 1.05 bits per heavy atom. The highest BCUT2D eigenvalue weighted by atomic mass is 16.4. The van der Waals surface area contributed by atoms with E-state index in [9.17, 15) is 14.4 Å². The first kappa shape index (κ1) is 16.9. The average molecular weight is 291 g/mol. The molecule has 0 unspecified atom stereocenters. The summed E-state index contributed by atoms with van der Waals surface area (Å²) in [6, 6.07) is 7.47. The van der Waals surface area contributed by atoms with Crippen molar-refractivity contribution in [3.8, 4) is 0 Å². The quantitative estimate of drug-likeness (QED) is 0.766.